The maximum absolute atomic E-state index is 5.98. The SMILES string of the molecule is C1=CC2(COCCO2)O/C1=C\c1ccccc1Oc1ccccc1. The average Bonchev–Trinajstić information content (AvgIpc) is 3.00. The summed E-state index contributed by atoms with van der Waals surface area (Å²) in [7, 11) is 0. The predicted molar refractivity (Wildman–Crippen MR) is 90.7 cm³/mol. The number of hydrogen-bond acceptors (Lipinski definition) is 4. The van der Waals surface area contributed by atoms with E-state index in [0.29, 0.717) is 19.8 Å². The van der Waals surface area contributed by atoms with Crippen LogP contribution >= 0.6 is 0 Å². The monoisotopic (exact) mass is 322 g/mol. The van der Waals surface area contributed by atoms with Crippen molar-refractivity contribution in [3.63, 3.8) is 0 Å². The highest BCUT2D eigenvalue weighted by Crippen LogP contribution is 2.33. The minimum Gasteiger partial charge on any atom is -0.457 e. The maximum atomic E-state index is 5.98. The largest absolute Gasteiger partial charge is 0.457 e. The first kappa shape index (κ1) is 15.0. The van der Waals surface area contributed by atoms with Gasteiger partial charge in [0.1, 0.15) is 23.9 Å². The highest BCUT2D eigenvalue weighted by Gasteiger charge is 2.37. The van der Waals surface area contributed by atoms with Gasteiger partial charge in [0, 0.05) is 5.56 Å². The number of para-hydroxylation sites is 2. The van der Waals surface area contributed by atoms with Crippen molar-refractivity contribution in [2.75, 3.05) is 19.8 Å². The Labute approximate surface area is 140 Å². The van der Waals surface area contributed by atoms with Gasteiger partial charge in [-0.05, 0) is 36.4 Å². The van der Waals surface area contributed by atoms with E-state index in [4.69, 9.17) is 18.9 Å². The van der Waals surface area contributed by atoms with Gasteiger partial charge in [0.15, 0.2) is 0 Å². The van der Waals surface area contributed by atoms with Crippen molar-refractivity contribution in [2.24, 2.45) is 0 Å². The molecular weight excluding hydrogens is 304 g/mol. The van der Waals surface area contributed by atoms with Crippen molar-refractivity contribution >= 4 is 6.08 Å². The van der Waals surface area contributed by atoms with Crippen molar-refractivity contribution < 1.29 is 18.9 Å². The third-order valence-electron chi connectivity index (χ3n) is 3.86. The van der Waals surface area contributed by atoms with Crippen LogP contribution in [-0.2, 0) is 14.2 Å². The summed E-state index contributed by atoms with van der Waals surface area (Å²) in [5, 5.41) is 0. The van der Waals surface area contributed by atoms with Crippen LogP contribution in [0.5, 0.6) is 11.5 Å². The molecule has 1 spiro atoms. The molecule has 4 heteroatoms. The molecule has 122 valence electrons. The fraction of sp³-hybridized carbons (Fsp3) is 0.200. The normalized spacial score (nSPS) is 24.2. The molecule has 2 aliphatic rings. The highest BCUT2D eigenvalue weighted by atomic mass is 16.7. The van der Waals surface area contributed by atoms with E-state index >= 15 is 0 Å². The molecule has 24 heavy (non-hydrogen) atoms. The minimum absolute atomic E-state index is 0.406. The predicted octanol–water partition coefficient (Wildman–Crippen LogP) is 4.15. The Morgan fingerprint density at radius 1 is 0.958 bits per heavy atom. The molecule has 4 rings (SSSR count). The molecule has 2 heterocycles. The zero-order valence-corrected chi connectivity index (χ0v) is 13.2. The van der Waals surface area contributed by atoms with E-state index in [1.807, 2.05) is 72.8 Å². The number of rotatable bonds is 3. The fourth-order valence-corrected chi connectivity index (χ4v) is 2.70. The van der Waals surface area contributed by atoms with E-state index in [1.165, 1.54) is 0 Å². The minimum atomic E-state index is -0.778. The van der Waals surface area contributed by atoms with Gasteiger partial charge >= 0.3 is 0 Å². The van der Waals surface area contributed by atoms with E-state index < -0.39 is 5.79 Å². The quantitative estimate of drug-likeness (QED) is 0.851. The first-order valence-electron chi connectivity index (χ1n) is 7.97. The molecule has 0 radical (unpaired) electrons. The molecule has 2 aromatic rings. The number of ether oxygens (including phenoxy) is 4. The van der Waals surface area contributed by atoms with Crippen LogP contribution < -0.4 is 4.74 Å². The van der Waals surface area contributed by atoms with Gasteiger partial charge in [-0.1, -0.05) is 36.4 Å². The first-order chi connectivity index (χ1) is 11.8. The number of hydrogen-bond donors (Lipinski definition) is 0. The molecule has 0 bridgehead atoms. The Morgan fingerprint density at radius 3 is 2.62 bits per heavy atom. The second-order valence-corrected chi connectivity index (χ2v) is 5.65. The van der Waals surface area contributed by atoms with Gasteiger partial charge in [-0.25, -0.2) is 0 Å². The Morgan fingerprint density at radius 2 is 1.79 bits per heavy atom. The maximum Gasteiger partial charge on any atom is 0.254 e. The van der Waals surface area contributed by atoms with Crippen LogP contribution in [0, 0.1) is 0 Å². The topological polar surface area (TPSA) is 36.9 Å². The van der Waals surface area contributed by atoms with Crippen LogP contribution in [0.15, 0.2) is 72.5 Å². The summed E-state index contributed by atoms with van der Waals surface area (Å²) in [5.74, 6) is 1.52. The Kier molecular flexibility index (Phi) is 4.07. The van der Waals surface area contributed by atoms with Gasteiger partial charge in [-0.2, -0.15) is 0 Å². The van der Waals surface area contributed by atoms with Gasteiger partial charge in [0.25, 0.3) is 5.79 Å². The Balaban J connectivity index is 1.56. The molecule has 2 aromatic carbocycles. The summed E-state index contributed by atoms with van der Waals surface area (Å²) in [4.78, 5) is 0. The van der Waals surface area contributed by atoms with Crippen LogP contribution in [0.2, 0.25) is 0 Å². The van der Waals surface area contributed by atoms with Crippen LogP contribution in [0.4, 0.5) is 0 Å². The van der Waals surface area contributed by atoms with E-state index in [-0.39, 0.29) is 0 Å². The lowest BCUT2D eigenvalue weighted by Gasteiger charge is -2.31. The van der Waals surface area contributed by atoms with Crippen molar-refractivity contribution in [3.05, 3.63) is 78.1 Å². The van der Waals surface area contributed by atoms with Crippen molar-refractivity contribution in [1.29, 1.82) is 0 Å². The van der Waals surface area contributed by atoms with Crippen LogP contribution in [0.25, 0.3) is 6.08 Å². The van der Waals surface area contributed by atoms with E-state index in [1.54, 1.807) is 0 Å². The second kappa shape index (κ2) is 6.51. The molecule has 1 unspecified atom stereocenters. The fourth-order valence-electron chi connectivity index (χ4n) is 2.70. The molecule has 4 nitrogen and oxygen atoms in total. The smallest absolute Gasteiger partial charge is 0.254 e. The summed E-state index contributed by atoms with van der Waals surface area (Å²) in [5.41, 5.74) is 0.940. The molecule has 0 N–H and O–H groups in total. The van der Waals surface area contributed by atoms with Crippen molar-refractivity contribution in [3.8, 4) is 11.5 Å². The lowest BCUT2D eigenvalue weighted by atomic mass is 10.1. The van der Waals surface area contributed by atoms with Crippen LogP contribution in [0.3, 0.4) is 0 Å². The van der Waals surface area contributed by atoms with Gasteiger partial charge in [-0.15, -0.1) is 0 Å². The summed E-state index contributed by atoms with van der Waals surface area (Å²) in [6, 6.07) is 17.6. The zero-order chi connectivity index (χ0) is 16.2. The summed E-state index contributed by atoms with van der Waals surface area (Å²) in [6.07, 6.45) is 5.76. The molecular formula is C20H18O4. The Bertz CT molecular complexity index is 758. The van der Waals surface area contributed by atoms with Crippen LogP contribution in [-0.4, -0.2) is 25.6 Å². The lowest BCUT2D eigenvalue weighted by molar-refractivity contribution is -0.239. The summed E-state index contributed by atoms with van der Waals surface area (Å²) in [6.45, 7) is 1.54. The van der Waals surface area contributed by atoms with Gasteiger partial charge in [0.2, 0.25) is 0 Å². The molecule has 0 saturated carbocycles. The molecule has 0 aromatic heterocycles. The molecule has 0 amide bonds. The molecule has 2 aliphatic heterocycles. The van der Waals surface area contributed by atoms with Gasteiger partial charge in [0.05, 0.1) is 13.2 Å². The van der Waals surface area contributed by atoms with Gasteiger partial charge < -0.3 is 18.9 Å². The molecule has 1 fully saturated rings. The second-order valence-electron chi connectivity index (χ2n) is 5.65. The van der Waals surface area contributed by atoms with Crippen LogP contribution in [0.1, 0.15) is 5.56 Å². The highest BCUT2D eigenvalue weighted by molar-refractivity contribution is 5.62. The summed E-state index contributed by atoms with van der Waals surface area (Å²) < 4.78 is 23.1. The third-order valence-corrected chi connectivity index (χ3v) is 3.86. The molecule has 1 saturated heterocycles. The van der Waals surface area contributed by atoms with Crippen molar-refractivity contribution in [1.82, 2.24) is 0 Å². The van der Waals surface area contributed by atoms with Crippen molar-refractivity contribution in [2.45, 2.75) is 5.79 Å². The average molecular weight is 322 g/mol. The van der Waals surface area contributed by atoms with E-state index in [0.717, 1.165) is 22.8 Å². The van der Waals surface area contributed by atoms with E-state index in [9.17, 15) is 0 Å². The standard InChI is InChI=1S/C20H18O4/c1-2-7-17(8-3-1)23-19-9-5-4-6-16(19)14-18-10-11-20(24-18)15-21-12-13-22-20/h1-11,14H,12-13,15H2/b18-14-. The van der Waals surface area contributed by atoms with E-state index in [2.05, 4.69) is 0 Å². The molecule has 1 atom stereocenters. The van der Waals surface area contributed by atoms with Gasteiger partial charge in [-0.3, -0.25) is 0 Å². The first-order valence-corrected chi connectivity index (χ1v) is 7.97. The number of allylic oxidation sites excluding steroid dienone is 1. The third kappa shape index (κ3) is 3.20. The summed E-state index contributed by atoms with van der Waals surface area (Å²) >= 11 is 0. The molecule has 0 aliphatic carbocycles. The number of benzene rings is 2. The lowest BCUT2D eigenvalue weighted by Crippen LogP contribution is -2.41. The Hall–Kier alpha value is -2.56. The zero-order valence-electron chi connectivity index (χ0n) is 13.2.